The van der Waals surface area contributed by atoms with E-state index in [0.717, 1.165) is 25.0 Å². The van der Waals surface area contributed by atoms with E-state index in [-0.39, 0.29) is 0 Å². The number of nitrogens with zero attached hydrogens (tertiary/aromatic N) is 1. The topological polar surface area (TPSA) is 29.4 Å². The lowest BCUT2D eigenvalue weighted by Crippen LogP contribution is -2.16. The van der Waals surface area contributed by atoms with Crippen molar-refractivity contribution < 1.29 is 4.79 Å². The summed E-state index contributed by atoms with van der Waals surface area (Å²) >= 11 is 0. The van der Waals surface area contributed by atoms with E-state index in [1.54, 1.807) is 0 Å². The van der Waals surface area contributed by atoms with Crippen molar-refractivity contribution in [3.63, 3.8) is 0 Å². The van der Waals surface area contributed by atoms with Crippen LogP contribution in [0.5, 0.6) is 0 Å². The second-order valence-corrected chi connectivity index (χ2v) is 2.88. The summed E-state index contributed by atoms with van der Waals surface area (Å²) in [6.07, 6.45) is 1.94. The average Bonchev–Trinajstić information content (AvgIpc) is 2.30. The van der Waals surface area contributed by atoms with Crippen LogP contribution in [0.15, 0.2) is 4.99 Å². The third kappa shape index (κ3) is 1.11. The van der Waals surface area contributed by atoms with Crippen LogP contribution in [0.3, 0.4) is 0 Å². The summed E-state index contributed by atoms with van der Waals surface area (Å²) in [6, 6.07) is 0. The molecule has 2 atom stereocenters. The Labute approximate surface area is 61.3 Å². The molecule has 0 bridgehead atoms. The Hall–Kier alpha value is -0.660. The molecule has 0 aromatic carbocycles. The van der Waals surface area contributed by atoms with E-state index in [4.69, 9.17) is 0 Å². The first-order valence-electron chi connectivity index (χ1n) is 3.79. The molecule has 0 fully saturated rings. The van der Waals surface area contributed by atoms with Crippen LogP contribution in [0.25, 0.3) is 0 Å². The lowest BCUT2D eigenvalue weighted by atomic mass is 9.91. The second kappa shape index (κ2) is 2.95. The van der Waals surface area contributed by atoms with Crippen LogP contribution in [0.1, 0.15) is 20.3 Å². The van der Waals surface area contributed by atoms with Gasteiger partial charge in [0.25, 0.3) is 0 Å². The van der Waals surface area contributed by atoms with Gasteiger partial charge in [-0.05, 0) is 12.3 Å². The van der Waals surface area contributed by atoms with Gasteiger partial charge in [0.15, 0.2) is 6.29 Å². The van der Waals surface area contributed by atoms with Crippen LogP contribution in [0, 0.1) is 11.8 Å². The molecule has 2 nitrogen and oxygen atoms in total. The monoisotopic (exact) mass is 139 g/mol. The fourth-order valence-electron chi connectivity index (χ4n) is 1.52. The zero-order valence-corrected chi connectivity index (χ0v) is 6.50. The molecule has 0 radical (unpaired) electrons. The summed E-state index contributed by atoms with van der Waals surface area (Å²) < 4.78 is 0. The van der Waals surface area contributed by atoms with Crippen LogP contribution in [-0.2, 0) is 4.79 Å². The summed E-state index contributed by atoms with van der Waals surface area (Å²) in [7, 11) is 0. The van der Waals surface area contributed by atoms with Gasteiger partial charge in [-0.15, -0.1) is 0 Å². The van der Waals surface area contributed by atoms with Gasteiger partial charge >= 0.3 is 0 Å². The number of carbonyl (C=O) groups excluding carboxylic acids is 1. The lowest BCUT2D eigenvalue weighted by molar-refractivity contribution is -0.102. The molecular formula is C8H13NO. The first-order chi connectivity index (χ1) is 4.79. The number of aldehydes is 1. The van der Waals surface area contributed by atoms with Crippen molar-refractivity contribution >= 4 is 12.0 Å². The average molecular weight is 139 g/mol. The molecule has 1 aliphatic rings. The van der Waals surface area contributed by atoms with E-state index in [9.17, 15) is 4.79 Å². The van der Waals surface area contributed by atoms with Crippen LogP contribution < -0.4 is 0 Å². The summed E-state index contributed by atoms with van der Waals surface area (Å²) in [4.78, 5) is 14.5. The number of aliphatic imine (C=N–C) groups is 1. The smallest absolute Gasteiger partial charge is 0.164 e. The largest absolute Gasteiger partial charge is 0.297 e. The Morgan fingerprint density at radius 1 is 1.80 bits per heavy atom. The maximum absolute atomic E-state index is 10.4. The highest BCUT2D eigenvalue weighted by molar-refractivity contribution is 6.29. The minimum atomic E-state index is 0.428. The molecule has 1 aliphatic heterocycles. The van der Waals surface area contributed by atoms with Crippen LogP contribution >= 0.6 is 0 Å². The van der Waals surface area contributed by atoms with Crippen molar-refractivity contribution in [1.82, 2.24) is 0 Å². The third-order valence-corrected chi connectivity index (χ3v) is 2.19. The van der Waals surface area contributed by atoms with E-state index in [1.165, 1.54) is 0 Å². The van der Waals surface area contributed by atoms with E-state index in [2.05, 4.69) is 18.8 Å². The highest BCUT2D eigenvalue weighted by atomic mass is 16.1. The fourth-order valence-corrected chi connectivity index (χ4v) is 1.52. The summed E-state index contributed by atoms with van der Waals surface area (Å²) in [5.41, 5.74) is 0.773. The van der Waals surface area contributed by atoms with Crippen molar-refractivity contribution in [3.8, 4) is 0 Å². The standard InChI is InChI=1S/C8H13NO/c1-3-7-6(2)4-9-8(7)5-10/h5-7H,3-4H2,1-2H3. The molecule has 0 aromatic heterocycles. The second-order valence-electron chi connectivity index (χ2n) is 2.88. The van der Waals surface area contributed by atoms with E-state index < -0.39 is 0 Å². The van der Waals surface area contributed by atoms with Crippen molar-refractivity contribution in [2.45, 2.75) is 20.3 Å². The molecule has 0 N–H and O–H groups in total. The van der Waals surface area contributed by atoms with Gasteiger partial charge in [-0.25, -0.2) is 0 Å². The first kappa shape index (κ1) is 7.45. The van der Waals surface area contributed by atoms with Crippen LogP contribution in [-0.4, -0.2) is 18.5 Å². The Morgan fingerprint density at radius 2 is 2.50 bits per heavy atom. The third-order valence-electron chi connectivity index (χ3n) is 2.19. The number of hydrogen-bond donors (Lipinski definition) is 0. The minimum absolute atomic E-state index is 0.428. The molecular weight excluding hydrogens is 126 g/mol. The normalized spacial score (nSPS) is 32.0. The molecule has 0 aliphatic carbocycles. The van der Waals surface area contributed by atoms with Gasteiger partial charge < -0.3 is 0 Å². The molecule has 0 aromatic rings. The van der Waals surface area contributed by atoms with Gasteiger partial charge in [-0.3, -0.25) is 9.79 Å². The highest BCUT2D eigenvalue weighted by Gasteiger charge is 2.25. The van der Waals surface area contributed by atoms with E-state index in [0.29, 0.717) is 11.8 Å². The maximum atomic E-state index is 10.4. The number of carbonyl (C=O) groups is 1. The zero-order chi connectivity index (χ0) is 7.56. The molecule has 1 heterocycles. The van der Waals surface area contributed by atoms with Gasteiger partial charge in [-0.2, -0.15) is 0 Å². The van der Waals surface area contributed by atoms with Gasteiger partial charge in [0, 0.05) is 12.5 Å². The Morgan fingerprint density at radius 3 is 2.90 bits per heavy atom. The molecule has 0 saturated heterocycles. The predicted molar refractivity (Wildman–Crippen MR) is 41.3 cm³/mol. The molecule has 0 amide bonds. The van der Waals surface area contributed by atoms with Crippen molar-refractivity contribution in [3.05, 3.63) is 0 Å². The summed E-state index contributed by atoms with van der Waals surface area (Å²) in [5.74, 6) is 1.00. The highest BCUT2D eigenvalue weighted by Crippen LogP contribution is 2.22. The molecule has 0 spiro atoms. The molecule has 2 unspecified atom stereocenters. The Balaban J connectivity index is 2.66. The molecule has 10 heavy (non-hydrogen) atoms. The van der Waals surface area contributed by atoms with E-state index >= 15 is 0 Å². The summed E-state index contributed by atoms with van der Waals surface area (Å²) in [6.45, 7) is 5.09. The predicted octanol–water partition coefficient (Wildman–Crippen LogP) is 1.30. The van der Waals surface area contributed by atoms with E-state index in [1.807, 2.05) is 0 Å². The van der Waals surface area contributed by atoms with Gasteiger partial charge in [0.05, 0.1) is 5.71 Å². The minimum Gasteiger partial charge on any atom is -0.297 e. The van der Waals surface area contributed by atoms with Gasteiger partial charge in [0.2, 0.25) is 0 Å². The Bertz CT molecular complexity index is 163. The van der Waals surface area contributed by atoms with Crippen molar-refractivity contribution in [2.75, 3.05) is 6.54 Å². The lowest BCUT2D eigenvalue weighted by Gasteiger charge is -2.10. The molecule has 0 saturated carbocycles. The van der Waals surface area contributed by atoms with Gasteiger partial charge in [0.1, 0.15) is 0 Å². The zero-order valence-electron chi connectivity index (χ0n) is 6.50. The maximum Gasteiger partial charge on any atom is 0.164 e. The number of rotatable bonds is 2. The van der Waals surface area contributed by atoms with Crippen LogP contribution in [0.2, 0.25) is 0 Å². The summed E-state index contributed by atoms with van der Waals surface area (Å²) in [5, 5.41) is 0. The number of hydrogen-bond acceptors (Lipinski definition) is 2. The molecule has 1 rings (SSSR count). The molecule has 2 heteroatoms. The van der Waals surface area contributed by atoms with Gasteiger partial charge in [-0.1, -0.05) is 13.8 Å². The van der Waals surface area contributed by atoms with Crippen LogP contribution in [0.4, 0.5) is 0 Å². The quantitative estimate of drug-likeness (QED) is 0.530. The SMILES string of the molecule is CCC1C(C=O)=NCC1C. The Kier molecular flexibility index (Phi) is 2.20. The van der Waals surface area contributed by atoms with Crippen molar-refractivity contribution in [1.29, 1.82) is 0 Å². The van der Waals surface area contributed by atoms with Crippen molar-refractivity contribution in [2.24, 2.45) is 16.8 Å². The molecule has 56 valence electrons. The first-order valence-corrected chi connectivity index (χ1v) is 3.79. The fraction of sp³-hybridized carbons (Fsp3) is 0.750.